The van der Waals surface area contributed by atoms with E-state index in [1.54, 1.807) is 0 Å². The molecule has 0 bridgehead atoms. The molecule has 4 rings (SSSR count). The molecule has 0 saturated carbocycles. The number of rotatable bonds is 29. The SMILES string of the molecule is CCCCCCCCCCCC(=O)N(CCCCCCCCN1C(=O)c2cccc3c(S(=O)(=O)O)ccc(c23)C1=O)C[C@H](O)[C@@H](O)[C@H](O[C@@H]1O[C@H](CO)[C@H](O)[C@H](O)[C@H]1O)[C@H](O)CO. The normalized spacial score (nSPS) is 22.3. The molecule has 63 heavy (non-hydrogen) atoms. The second kappa shape index (κ2) is 25.5. The molecular weight excluding hydrogens is 845 g/mol. The van der Waals surface area contributed by atoms with Crippen molar-refractivity contribution in [2.45, 2.75) is 170 Å². The predicted octanol–water partition coefficient (Wildman–Crippen LogP) is 2.03. The summed E-state index contributed by atoms with van der Waals surface area (Å²) in [6, 6.07) is 6.90. The zero-order valence-electron chi connectivity index (χ0n) is 36.1. The second-order valence-electron chi connectivity index (χ2n) is 16.7. The molecule has 0 unspecified atom stereocenters. The van der Waals surface area contributed by atoms with E-state index in [9.17, 15) is 68.2 Å². The first kappa shape index (κ1) is 52.4. The lowest BCUT2D eigenvalue weighted by Gasteiger charge is -2.42. The Bertz CT molecular complexity index is 1860. The molecule has 18 nitrogen and oxygen atoms in total. The highest BCUT2D eigenvalue weighted by Gasteiger charge is 2.47. The van der Waals surface area contributed by atoms with Gasteiger partial charge in [0.1, 0.15) is 53.7 Å². The standard InChI is InChI=1S/C44H68N2O16S/c1-2-3-4-5-6-7-8-11-14-20-35(51)45(25-31(49)37(52)41(32(50)26-47)62-44-40(55)39(54)38(53)33(27-48)61-44)23-15-12-9-10-13-16-24-46-42(56)29-19-17-18-28-34(63(58,59)60)22-21-30(36(28)29)43(46)57/h17-19,21-22,31-33,37-41,44,47-50,52-55H,2-16,20,23-27H2,1H3,(H,58,59,60)/t31-,32+,33+,37+,38-,39-,40+,41+,44-/m0/s1. The van der Waals surface area contributed by atoms with Crippen LogP contribution in [0.1, 0.15) is 130 Å². The van der Waals surface area contributed by atoms with Crippen LogP contribution in [-0.4, -0.2) is 169 Å². The number of aliphatic hydroxyl groups excluding tert-OH is 8. The Kier molecular flexibility index (Phi) is 21.2. The molecule has 2 heterocycles. The zero-order valence-corrected chi connectivity index (χ0v) is 36.9. The van der Waals surface area contributed by atoms with Crippen LogP contribution in [0, 0.1) is 0 Å². The zero-order chi connectivity index (χ0) is 46.3. The number of hydrogen-bond acceptors (Lipinski definition) is 15. The number of aliphatic hydroxyl groups is 8. The van der Waals surface area contributed by atoms with Crippen molar-refractivity contribution >= 4 is 38.6 Å². The summed E-state index contributed by atoms with van der Waals surface area (Å²) >= 11 is 0. The third-order valence-electron chi connectivity index (χ3n) is 12.0. The number of carbonyl (C=O) groups is 3. The highest BCUT2D eigenvalue weighted by atomic mass is 32.2. The fourth-order valence-corrected chi connectivity index (χ4v) is 8.97. The Morgan fingerprint density at radius 3 is 1.97 bits per heavy atom. The summed E-state index contributed by atoms with van der Waals surface area (Å²) in [6.45, 7) is 0.460. The van der Waals surface area contributed by atoms with Gasteiger partial charge in [0.05, 0.1) is 13.2 Å². The van der Waals surface area contributed by atoms with Crippen LogP contribution in [0.25, 0.3) is 10.8 Å². The first-order chi connectivity index (χ1) is 30.1. The van der Waals surface area contributed by atoms with E-state index in [1.807, 2.05) is 0 Å². The van der Waals surface area contributed by atoms with E-state index in [0.717, 1.165) is 49.5 Å². The van der Waals surface area contributed by atoms with Crippen LogP contribution in [-0.2, 0) is 24.4 Å². The van der Waals surface area contributed by atoms with Crippen LogP contribution in [0.3, 0.4) is 0 Å². The van der Waals surface area contributed by atoms with Crippen LogP contribution >= 0.6 is 0 Å². The maximum absolute atomic E-state index is 13.6. The van der Waals surface area contributed by atoms with Crippen LogP contribution in [0.2, 0.25) is 0 Å². The number of unbranched alkanes of at least 4 members (excludes halogenated alkanes) is 13. The molecule has 0 spiro atoms. The van der Waals surface area contributed by atoms with E-state index in [1.165, 1.54) is 54.8 Å². The van der Waals surface area contributed by atoms with Crippen molar-refractivity contribution < 1.29 is 77.7 Å². The molecule has 2 aliphatic rings. The Hall–Kier alpha value is -3.18. The molecule has 1 fully saturated rings. The third kappa shape index (κ3) is 14.2. The lowest BCUT2D eigenvalue weighted by molar-refractivity contribution is -0.327. The monoisotopic (exact) mass is 912 g/mol. The Balaban J connectivity index is 1.30. The average molecular weight is 913 g/mol. The lowest BCUT2D eigenvalue weighted by Crippen LogP contribution is -2.61. The Morgan fingerprint density at radius 2 is 1.37 bits per heavy atom. The molecule has 3 amide bonds. The van der Waals surface area contributed by atoms with Crippen molar-refractivity contribution in [1.82, 2.24) is 9.80 Å². The van der Waals surface area contributed by atoms with E-state index in [0.29, 0.717) is 32.1 Å². The number of imide groups is 1. The maximum atomic E-state index is 13.6. The van der Waals surface area contributed by atoms with E-state index in [-0.39, 0.29) is 58.8 Å². The molecule has 2 aromatic carbocycles. The molecule has 356 valence electrons. The van der Waals surface area contributed by atoms with Crippen molar-refractivity contribution in [2.24, 2.45) is 0 Å². The lowest BCUT2D eigenvalue weighted by atomic mass is 9.94. The summed E-state index contributed by atoms with van der Waals surface area (Å²) in [5.41, 5.74) is 0.340. The van der Waals surface area contributed by atoms with Crippen molar-refractivity contribution in [2.75, 3.05) is 32.8 Å². The topological polar surface area (TPSA) is 292 Å². The number of hydrogen-bond donors (Lipinski definition) is 9. The molecule has 1 saturated heterocycles. The molecule has 0 radical (unpaired) electrons. The minimum atomic E-state index is -4.60. The average Bonchev–Trinajstić information content (AvgIpc) is 3.26. The smallest absolute Gasteiger partial charge is 0.295 e. The summed E-state index contributed by atoms with van der Waals surface area (Å²) in [6.07, 6.45) is -2.27. The Morgan fingerprint density at radius 1 is 0.778 bits per heavy atom. The third-order valence-corrected chi connectivity index (χ3v) is 12.9. The largest absolute Gasteiger partial charge is 0.394 e. The van der Waals surface area contributed by atoms with Gasteiger partial charge in [-0.3, -0.25) is 23.8 Å². The van der Waals surface area contributed by atoms with Gasteiger partial charge in [0.25, 0.3) is 21.9 Å². The summed E-state index contributed by atoms with van der Waals surface area (Å²) in [5, 5.41) is 83.3. The van der Waals surface area contributed by atoms with Gasteiger partial charge < -0.3 is 55.2 Å². The van der Waals surface area contributed by atoms with Gasteiger partial charge in [-0.2, -0.15) is 8.42 Å². The highest BCUT2D eigenvalue weighted by molar-refractivity contribution is 7.86. The van der Waals surface area contributed by atoms with Gasteiger partial charge in [-0.1, -0.05) is 96.1 Å². The maximum Gasteiger partial charge on any atom is 0.295 e. The van der Waals surface area contributed by atoms with Gasteiger partial charge in [-0.15, -0.1) is 0 Å². The molecule has 0 aromatic heterocycles. The Labute approximate surface area is 369 Å². The van der Waals surface area contributed by atoms with Crippen molar-refractivity contribution in [3.63, 3.8) is 0 Å². The molecule has 2 aromatic rings. The molecular formula is C44H68N2O16S. The van der Waals surface area contributed by atoms with Crippen molar-refractivity contribution in [3.8, 4) is 0 Å². The second-order valence-corrected chi connectivity index (χ2v) is 18.1. The minimum Gasteiger partial charge on any atom is -0.394 e. The van der Waals surface area contributed by atoms with E-state index >= 15 is 0 Å². The van der Waals surface area contributed by atoms with Gasteiger partial charge >= 0.3 is 0 Å². The number of carbonyl (C=O) groups excluding carboxylic acids is 3. The summed E-state index contributed by atoms with van der Waals surface area (Å²) < 4.78 is 44.5. The van der Waals surface area contributed by atoms with Crippen LogP contribution in [0.5, 0.6) is 0 Å². The molecule has 19 heteroatoms. The van der Waals surface area contributed by atoms with Gasteiger partial charge in [0, 0.05) is 48.0 Å². The fraction of sp³-hybridized carbons (Fsp3) is 0.705. The van der Waals surface area contributed by atoms with Crippen LogP contribution in [0.15, 0.2) is 35.2 Å². The minimum absolute atomic E-state index is 0.0915. The van der Waals surface area contributed by atoms with E-state index in [2.05, 4.69) is 6.92 Å². The van der Waals surface area contributed by atoms with Gasteiger partial charge in [-0.25, -0.2) is 0 Å². The summed E-state index contributed by atoms with van der Waals surface area (Å²) in [4.78, 5) is 42.5. The van der Waals surface area contributed by atoms with E-state index < -0.39 is 90.3 Å². The highest BCUT2D eigenvalue weighted by Crippen LogP contribution is 2.34. The summed E-state index contributed by atoms with van der Waals surface area (Å²) in [7, 11) is -4.60. The quantitative estimate of drug-likeness (QED) is 0.0321. The molecule has 9 atom stereocenters. The van der Waals surface area contributed by atoms with Gasteiger partial charge in [-0.05, 0) is 37.5 Å². The van der Waals surface area contributed by atoms with Crippen molar-refractivity contribution in [1.29, 1.82) is 0 Å². The number of benzene rings is 2. The molecule has 0 aliphatic carbocycles. The van der Waals surface area contributed by atoms with E-state index in [4.69, 9.17) is 9.47 Å². The fourth-order valence-electron chi connectivity index (χ4n) is 8.28. The van der Waals surface area contributed by atoms with Gasteiger partial charge in [0.15, 0.2) is 6.29 Å². The molecule has 9 N–H and O–H groups in total. The number of ether oxygens (including phenoxy) is 2. The summed E-state index contributed by atoms with van der Waals surface area (Å²) in [5.74, 6) is -1.36. The number of amides is 3. The first-order valence-electron chi connectivity index (χ1n) is 22.3. The van der Waals surface area contributed by atoms with Crippen molar-refractivity contribution in [3.05, 3.63) is 41.5 Å². The predicted molar refractivity (Wildman–Crippen MR) is 229 cm³/mol. The van der Waals surface area contributed by atoms with Gasteiger partial charge in [0.2, 0.25) is 5.91 Å². The van der Waals surface area contributed by atoms with Crippen LogP contribution in [0.4, 0.5) is 0 Å². The number of nitrogens with zero attached hydrogens (tertiary/aromatic N) is 2. The van der Waals surface area contributed by atoms with Crippen LogP contribution < -0.4 is 0 Å². The molecule has 2 aliphatic heterocycles. The first-order valence-corrected chi connectivity index (χ1v) is 23.8.